The first-order valence-corrected chi connectivity index (χ1v) is 7.74. The van der Waals surface area contributed by atoms with E-state index in [0.717, 1.165) is 32.8 Å². The molecule has 3 aromatic rings. The van der Waals surface area contributed by atoms with E-state index in [4.69, 9.17) is 9.15 Å². The summed E-state index contributed by atoms with van der Waals surface area (Å²) in [6.07, 6.45) is 5.95. The van der Waals surface area contributed by atoms with Gasteiger partial charge in [-0.15, -0.1) is 0 Å². The van der Waals surface area contributed by atoms with Crippen LogP contribution in [0, 0.1) is 0 Å². The molecule has 0 aliphatic carbocycles. The van der Waals surface area contributed by atoms with Gasteiger partial charge >= 0.3 is 5.97 Å². The average Bonchev–Trinajstić information content (AvgIpc) is 2.93. The first-order chi connectivity index (χ1) is 10.7. The molecule has 0 aliphatic rings. The van der Waals surface area contributed by atoms with Gasteiger partial charge in [-0.1, -0.05) is 6.07 Å². The van der Waals surface area contributed by atoms with E-state index in [1.807, 2.05) is 30.5 Å². The molecule has 0 fully saturated rings. The second-order valence-electron chi connectivity index (χ2n) is 4.87. The highest BCUT2D eigenvalue weighted by Gasteiger charge is 2.19. The zero-order chi connectivity index (χ0) is 15.5. The Morgan fingerprint density at radius 3 is 2.95 bits per heavy atom. The summed E-state index contributed by atoms with van der Waals surface area (Å²) in [7, 11) is 0. The van der Waals surface area contributed by atoms with Crippen molar-refractivity contribution in [2.45, 2.75) is 13.3 Å². The van der Waals surface area contributed by atoms with E-state index in [2.05, 4.69) is 20.9 Å². The molecule has 0 aliphatic heterocycles. The van der Waals surface area contributed by atoms with Crippen LogP contribution in [0.3, 0.4) is 0 Å². The van der Waals surface area contributed by atoms with Gasteiger partial charge in [0.1, 0.15) is 0 Å². The molecule has 4 nitrogen and oxygen atoms in total. The summed E-state index contributed by atoms with van der Waals surface area (Å²) in [6, 6.07) is 7.96. The van der Waals surface area contributed by atoms with Crippen molar-refractivity contribution in [1.82, 2.24) is 4.98 Å². The predicted octanol–water partition coefficient (Wildman–Crippen LogP) is 4.36. The lowest BCUT2D eigenvalue weighted by atomic mass is 10.0. The molecule has 0 amide bonds. The van der Waals surface area contributed by atoms with Crippen molar-refractivity contribution in [3.63, 3.8) is 0 Å². The van der Waals surface area contributed by atoms with Crippen molar-refractivity contribution < 1.29 is 13.9 Å². The Bertz CT molecular complexity index is 811. The molecule has 0 saturated heterocycles. The third kappa shape index (κ3) is 2.90. The second-order valence-corrected chi connectivity index (χ2v) is 5.72. The molecule has 112 valence electrons. The van der Waals surface area contributed by atoms with Crippen LogP contribution in [0.4, 0.5) is 0 Å². The maximum atomic E-state index is 11.9. The van der Waals surface area contributed by atoms with Crippen molar-refractivity contribution in [3.8, 4) is 0 Å². The summed E-state index contributed by atoms with van der Waals surface area (Å²) < 4.78 is 11.2. The molecule has 0 radical (unpaired) electrons. The van der Waals surface area contributed by atoms with Gasteiger partial charge in [-0.2, -0.15) is 0 Å². The van der Waals surface area contributed by atoms with Crippen molar-refractivity contribution in [3.05, 3.63) is 64.3 Å². The molecule has 1 aromatic carbocycles. The van der Waals surface area contributed by atoms with Crippen LogP contribution in [0.1, 0.15) is 28.6 Å². The minimum absolute atomic E-state index is 0.233. The maximum Gasteiger partial charge on any atom is 0.374 e. The number of esters is 1. The zero-order valence-electron chi connectivity index (χ0n) is 12.0. The number of halogens is 1. The summed E-state index contributed by atoms with van der Waals surface area (Å²) >= 11 is 3.53. The standard InChI is InChI=1S/C17H14BrNO3/c1-2-21-17(20)16-15-13(10-22-16)7-12(8-14(15)18)6-11-4-3-5-19-9-11/h3-5,7-10H,2,6H2,1H3. The van der Waals surface area contributed by atoms with E-state index in [1.54, 1.807) is 19.4 Å². The van der Waals surface area contributed by atoms with Gasteiger partial charge in [0.15, 0.2) is 0 Å². The molecule has 0 saturated carbocycles. The molecule has 0 N–H and O–H groups in total. The lowest BCUT2D eigenvalue weighted by molar-refractivity contribution is 0.0493. The Hall–Kier alpha value is -2.14. The summed E-state index contributed by atoms with van der Waals surface area (Å²) in [5.74, 6) is -0.213. The van der Waals surface area contributed by atoms with E-state index >= 15 is 0 Å². The molecule has 0 atom stereocenters. The van der Waals surface area contributed by atoms with Crippen LogP contribution in [0.2, 0.25) is 0 Å². The van der Waals surface area contributed by atoms with Gasteiger partial charge in [0.05, 0.1) is 12.9 Å². The highest BCUT2D eigenvalue weighted by atomic mass is 79.9. The fourth-order valence-electron chi connectivity index (χ4n) is 2.39. The summed E-state index contributed by atoms with van der Waals surface area (Å²) in [6.45, 7) is 2.09. The van der Waals surface area contributed by atoms with Gasteiger partial charge in [-0.25, -0.2) is 4.79 Å². The number of hydrogen-bond acceptors (Lipinski definition) is 4. The van der Waals surface area contributed by atoms with Crippen molar-refractivity contribution >= 4 is 32.7 Å². The highest BCUT2D eigenvalue weighted by molar-refractivity contribution is 9.10. The first-order valence-electron chi connectivity index (χ1n) is 6.94. The van der Waals surface area contributed by atoms with E-state index in [-0.39, 0.29) is 5.76 Å². The largest absolute Gasteiger partial charge is 0.460 e. The third-order valence-corrected chi connectivity index (χ3v) is 3.93. The number of pyridine rings is 1. The molecule has 0 bridgehead atoms. The maximum absolute atomic E-state index is 11.9. The molecule has 5 heteroatoms. The molecule has 0 unspecified atom stereocenters. The summed E-state index contributed by atoms with van der Waals surface area (Å²) in [5, 5.41) is 1.62. The number of furan rings is 1. The average molecular weight is 360 g/mol. The zero-order valence-corrected chi connectivity index (χ0v) is 13.6. The van der Waals surface area contributed by atoms with Gasteiger partial charge in [0, 0.05) is 27.6 Å². The number of rotatable bonds is 4. The topological polar surface area (TPSA) is 52.3 Å². The van der Waals surface area contributed by atoms with Crippen LogP contribution in [-0.2, 0) is 11.2 Å². The molecule has 2 aromatic heterocycles. The second kappa shape index (κ2) is 6.32. The van der Waals surface area contributed by atoms with Gasteiger partial charge in [0.25, 0.3) is 0 Å². The minimum atomic E-state index is -0.446. The molecular formula is C17H14BrNO3. The molecule has 22 heavy (non-hydrogen) atoms. The molecular weight excluding hydrogens is 346 g/mol. The van der Waals surface area contributed by atoms with E-state index in [1.165, 1.54) is 0 Å². The fourth-order valence-corrected chi connectivity index (χ4v) is 3.09. The highest BCUT2D eigenvalue weighted by Crippen LogP contribution is 2.31. The van der Waals surface area contributed by atoms with Gasteiger partial charge in [-0.3, -0.25) is 4.98 Å². The van der Waals surface area contributed by atoms with E-state index in [9.17, 15) is 4.79 Å². The first kappa shape index (κ1) is 14.8. The van der Waals surface area contributed by atoms with Gasteiger partial charge < -0.3 is 9.15 Å². The van der Waals surface area contributed by atoms with E-state index in [0.29, 0.717) is 6.61 Å². The number of carbonyl (C=O) groups is 1. The predicted molar refractivity (Wildman–Crippen MR) is 86.9 cm³/mol. The number of nitrogens with zero attached hydrogens (tertiary/aromatic N) is 1. The number of carbonyl (C=O) groups excluding carboxylic acids is 1. The third-order valence-electron chi connectivity index (χ3n) is 3.30. The molecule has 3 rings (SSSR count). The van der Waals surface area contributed by atoms with Crippen LogP contribution in [-0.4, -0.2) is 17.6 Å². The van der Waals surface area contributed by atoms with Crippen LogP contribution in [0.25, 0.3) is 10.8 Å². The van der Waals surface area contributed by atoms with Gasteiger partial charge in [0.2, 0.25) is 5.76 Å². The van der Waals surface area contributed by atoms with Crippen LogP contribution in [0.15, 0.2) is 51.8 Å². The number of benzene rings is 1. The summed E-state index contributed by atoms with van der Waals surface area (Å²) in [5.41, 5.74) is 2.24. The number of ether oxygens (including phenoxy) is 1. The Kier molecular flexibility index (Phi) is 4.24. The Balaban J connectivity index is 1.98. The van der Waals surface area contributed by atoms with Crippen molar-refractivity contribution in [2.75, 3.05) is 6.61 Å². The lowest BCUT2D eigenvalue weighted by Gasteiger charge is -2.05. The number of aromatic nitrogens is 1. The lowest BCUT2D eigenvalue weighted by Crippen LogP contribution is -2.03. The Morgan fingerprint density at radius 2 is 2.23 bits per heavy atom. The molecule has 2 heterocycles. The Labute approximate surface area is 136 Å². The summed E-state index contributed by atoms with van der Waals surface area (Å²) in [4.78, 5) is 16.0. The smallest absolute Gasteiger partial charge is 0.374 e. The van der Waals surface area contributed by atoms with Crippen LogP contribution in [0.5, 0.6) is 0 Å². The van der Waals surface area contributed by atoms with Crippen LogP contribution < -0.4 is 0 Å². The normalized spacial score (nSPS) is 10.8. The van der Waals surface area contributed by atoms with Crippen LogP contribution >= 0.6 is 15.9 Å². The van der Waals surface area contributed by atoms with E-state index < -0.39 is 5.97 Å². The molecule has 0 spiro atoms. The van der Waals surface area contributed by atoms with Crippen molar-refractivity contribution in [1.29, 1.82) is 0 Å². The minimum Gasteiger partial charge on any atom is -0.460 e. The number of hydrogen-bond donors (Lipinski definition) is 0. The van der Waals surface area contributed by atoms with Gasteiger partial charge in [-0.05, 0) is 58.6 Å². The number of fused-ring (bicyclic) bond motifs is 1. The Morgan fingerprint density at radius 1 is 1.36 bits per heavy atom. The SMILES string of the molecule is CCOC(=O)c1occ2cc(Cc3cccnc3)cc(Br)c12. The quantitative estimate of drug-likeness (QED) is 0.649. The van der Waals surface area contributed by atoms with Crippen molar-refractivity contribution in [2.24, 2.45) is 0 Å². The monoisotopic (exact) mass is 359 g/mol. The fraction of sp³-hybridized carbons (Fsp3) is 0.176.